The van der Waals surface area contributed by atoms with Gasteiger partial charge in [0.05, 0.1) is 6.04 Å². The van der Waals surface area contributed by atoms with E-state index in [2.05, 4.69) is 34.7 Å². The van der Waals surface area contributed by atoms with Gasteiger partial charge in [-0.25, -0.2) is 4.79 Å². The Bertz CT molecular complexity index is 1260. The fraction of sp³-hybridized carbons (Fsp3) is 0.286. The fourth-order valence-corrected chi connectivity index (χ4v) is 5.03. The van der Waals surface area contributed by atoms with Gasteiger partial charge < -0.3 is 26.2 Å². The van der Waals surface area contributed by atoms with Crippen LogP contribution in [0.5, 0.6) is 0 Å². The number of nitrogen functional groups attached to an aromatic ring is 1. The third kappa shape index (κ3) is 5.15. The van der Waals surface area contributed by atoms with E-state index in [-0.39, 0.29) is 18.0 Å². The smallest absolute Gasteiger partial charge is 0.322 e. The van der Waals surface area contributed by atoms with Crippen molar-refractivity contribution in [2.75, 3.05) is 36.5 Å². The molecule has 0 aromatic heterocycles. The van der Waals surface area contributed by atoms with E-state index in [0.29, 0.717) is 23.5 Å². The molecule has 0 saturated carbocycles. The van der Waals surface area contributed by atoms with Crippen molar-refractivity contribution in [3.63, 3.8) is 0 Å². The van der Waals surface area contributed by atoms with Gasteiger partial charge in [0.25, 0.3) is 5.91 Å². The molecule has 2 aliphatic heterocycles. The van der Waals surface area contributed by atoms with Crippen molar-refractivity contribution in [2.24, 2.45) is 0 Å². The van der Waals surface area contributed by atoms with E-state index >= 15 is 0 Å². The molecule has 0 bridgehead atoms. The predicted octanol–water partition coefficient (Wildman–Crippen LogP) is 4.88. The van der Waals surface area contributed by atoms with Crippen molar-refractivity contribution in [3.8, 4) is 0 Å². The Balaban J connectivity index is 1.29. The number of amides is 3. The third-order valence-corrected chi connectivity index (χ3v) is 6.85. The van der Waals surface area contributed by atoms with Gasteiger partial charge in [0.15, 0.2) is 0 Å². The SMILES string of the molecule is CN1CCc2ccc(NC(=O)c3cccc([C@@H]4CCCN4C(=O)Nc4cccc(N)c4)c3)cc2C1. The second-order valence-corrected chi connectivity index (χ2v) is 9.46. The van der Waals surface area contributed by atoms with Crippen molar-refractivity contribution in [1.29, 1.82) is 0 Å². The van der Waals surface area contributed by atoms with E-state index in [1.807, 2.05) is 47.4 Å². The first-order chi connectivity index (χ1) is 17.0. The second-order valence-electron chi connectivity index (χ2n) is 9.46. The number of rotatable bonds is 4. The Morgan fingerprint density at radius 3 is 2.60 bits per heavy atom. The summed E-state index contributed by atoms with van der Waals surface area (Å²) in [5.41, 5.74) is 12.1. The minimum Gasteiger partial charge on any atom is -0.399 e. The van der Waals surface area contributed by atoms with Crippen LogP contribution >= 0.6 is 0 Å². The Labute approximate surface area is 205 Å². The van der Waals surface area contributed by atoms with Crippen LogP contribution in [-0.4, -0.2) is 41.9 Å². The summed E-state index contributed by atoms with van der Waals surface area (Å²) in [7, 11) is 2.11. The molecule has 0 aliphatic carbocycles. The molecule has 0 radical (unpaired) electrons. The summed E-state index contributed by atoms with van der Waals surface area (Å²) in [5.74, 6) is -0.148. The van der Waals surface area contributed by atoms with Crippen LogP contribution in [0.1, 0.15) is 45.9 Å². The van der Waals surface area contributed by atoms with E-state index < -0.39 is 0 Å². The Morgan fingerprint density at radius 2 is 1.74 bits per heavy atom. The molecule has 3 aromatic rings. The number of carbonyl (C=O) groups excluding carboxylic acids is 2. The number of hydrogen-bond acceptors (Lipinski definition) is 4. The number of fused-ring (bicyclic) bond motifs is 1. The fourth-order valence-electron chi connectivity index (χ4n) is 5.03. The maximum atomic E-state index is 13.1. The molecule has 1 fully saturated rings. The monoisotopic (exact) mass is 469 g/mol. The quantitative estimate of drug-likeness (QED) is 0.475. The number of urea groups is 1. The minimum absolute atomic E-state index is 0.0805. The van der Waals surface area contributed by atoms with Crippen LogP contribution in [0, 0.1) is 0 Å². The van der Waals surface area contributed by atoms with E-state index in [4.69, 9.17) is 5.73 Å². The molecule has 4 N–H and O–H groups in total. The average molecular weight is 470 g/mol. The topological polar surface area (TPSA) is 90.7 Å². The largest absolute Gasteiger partial charge is 0.399 e. The van der Waals surface area contributed by atoms with E-state index in [0.717, 1.165) is 43.6 Å². The highest BCUT2D eigenvalue weighted by atomic mass is 16.2. The molecular weight excluding hydrogens is 438 g/mol. The van der Waals surface area contributed by atoms with Gasteiger partial charge in [-0.15, -0.1) is 0 Å². The summed E-state index contributed by atoms with van der Waals surface area (Å²) in [6.07, 6.45) is 2.80. The number of likely N-dealkylation sites (N-methyl/N-ethyl adjacent to an activating group) is 1. The number of carbonyl (C=O) groups is 2. The van der Waals surface area contributed by atoms with Crippen LogP contribution in [0.4, 0.5) is 21.9 Å². The van der Waals surface area contributed by atoms with Crippen LogP contribution in [0.25, 0.3) is 0 Å². The highest BCUT2D eigenvalue weighted by Crippen LogP contribution is 2.33. The van der Waals surface area contributed by atoms with Gasteiger partial charge in [-0.3, -0.25) is 4.79 Å². The lowest BCUT2D eigenvalue weighted by Crippen LogP contribution is -2.34. The first kappa shape index (κ1) is 22.9. The molecule has 3 aromatic carbocycles. The molecule has 2 aliphatic rings. The standard InChI is InChI=1S/C28H31N5O2/c1-32-14-12-19-10-11-25(16-22(19)18-32)30-27(34)21-6-2-5-20(15-21)26-9-4-13-33(26)28(35)31-24-8-3-7-23(29)17-24/h2-3,5-8,10-11,15-17,26H,4,9,12-14,18,29H2,1H3,(H,30,34)(H,31,35)/t26-/m0/s1. The van der Waals surface area contributed by atoms with Crippen molar-refractivity contribution in [3.05, 3.63) is 89.0 Å². The summed E-state index contributed by atoms with van der Waals surface area (Å²) in [6.45, 7) is 2.61. The number of benzene rings is 3. The molecule has 1 atom stereocenters. The Hall–Kier alpha value is -3.84. The maximum absolute atomic E-state index is 13.1. The molecule has 1 saturated heterocycles. The third-order valence-electron chi connectivity index (χ3n) is 6.85. The first-order valence-corrected chi connectivity index (χ1v) is 12.1. The number of hydrogen-bond donors (Lipinski definition) is 3. The molecule has 3 amide bonds. The van der Waals surface area contributed by atoms with Gasteiger partial charge in [0.2, 0.25) is 0 Å². The number of nitrogens with zero attached hydrogens (tertiary/aromatic N) is 2. The first-order valence-electron chi connectivity index (χ1n) is 12.1. The molecule has 0 unspecified atom stereocenters. The normalized spacial score (nSPS) is 17.6. The van der Waals surface area contributed by atoms with Gasteiger partial charge in [0, 0.05) is 42.3 Å². The lowest BCUT2D eigenvalue weighted by atomic mass is 9.99. The molecule has 7 heteroatoms. The molecule has 0 spiro atoms. The van der Waals surface area contributed by atoms with Crippen molar-refractivity contribution < 1.29 is 9.59 Å². The maximum Gasteiger partial charge on any atom is 0.322 e. The molecule has 2 heterocycles. The number of nitrogens with one attached hydrogen (secondary N) is 2. The number of nitrogens with two attached hydrogens (primary N) is 1. The van der Waals surface area contributed by atoms with Crippen LogP contribution in [0.3, 0.4) is 0 Å². The van der Waals surface area contributed by atoms with Gasteiger partial charge >= 0.3 is 6.03 Å². The molecule has 7 nitrogen and oxygen atoms in total. The van der Waals surface area contributed by atoms with E-state index in [1.54, 1.807) is 12.1 Å². The Morgan fingerprint density at radius 1 is 0.914 bits per heavy atom. The van der Waals surface area contributed by atoms with Crippen LogP contribution < -0.4 is 16.4 Å². The summed E-state index contributed by atoms with van der Waals surface area (Å²) < 4.78 is 0. The highest BCUT2D eigenvalue weighted by Gasteiger charge is 2.30. The molecule has 180 valence electrons. The van der Waals surface area contributed by atoms with Gasteiger partial charge in [0.1, 0.15) is 0 Å². The lowest BCUT2D eigenvalue weighted by Gasteiger charge is -2.26. The zero-order valence-corrected chi connectivity index (χ0v) is 20.0. The molecular formula is C28H31N5O2. The number of likely N-dealkylation sites (tertiary alicyclic amines) is 1. The predicted molar refractivity (Wildman–Crippen MR) is 139 cm³/mol. The molecule has 35 heavy (non-hydrogen) atoms. The summed E-state index contributed by atoms with van der Waals surface area (Å²) in [5, 5.41) is 6.00. The second kappa shape index (κ2) is 9.80. The van der Waals surface area contributed by atoms with Crippen molar-refractivity contribution >= 4 is 29.0 Å². The Kier molecular flexibility index (Phi) is 6.42. The van der Waals surface area contributed by atoms with E-state index in [1.165, 1.54) is 11.1 Å². The summed E-state index contributed by atoms with van der Waals surface area (Å²) in [4.78, 5) is 30.2. The zero-order chi connectivity index (χ0) is 24.4. The highest BCUT2D eigenvalue weighted by molar-refractivity contribution is 6.04. The van der Waals surface area contributed by atoms with Crippen molar-refractivity contribution in [1.82, 2.24) is 9.80 Å². The van der Waals surface area contributed by atoms with Crippen LogP contribution in [0.2, 0.25) is 0 Å². The summed E-state index contributed by atoms with van der Waals surface area (Å²) >= 11 is 0. The van der Waals surface area contributed by atoms with Gasteiger partial charge in [-0.2, -0.15) is 0 Å². The number of anilines is 3. The van der Waals surface area contributed by atoms with Crippen molar-refractivity contribution in [2.45, 2.75) is 31.8 Å². The minimum atomic E-state index is -0.160. The lowest BCUT2D eigenvalue weighted by molar-refractivity contribution is 0.102. The summed E-state index contributed by atoms with van der Waals surface area (Å²) in [6, 6.07) is 20.7. The van der Waals surface area contributed by atoms with Gasteiger partial charge in [-0.05, 0) is 85.5 Å². The van der Waals surface area contributed by atoms with E-state index in [9.17, 15) is 9.59 Å². The van der Waals surface area contributed by atoms with Crippen LogP contribution in [0.15, 0.2) is 66.7 Å². The zero-order valence-electron chi connectivity index (χ0n) is 20.0. The van der Waals surface area contributed by atoms with Gasteiger partial charge in [-0.1, -0.05) is 24.3 Å². The molecule has 5 rings (SSSR count). The average Bonchev–Trinajstić information content (AvgIpc) is 3.34. The van der Waals surface area contributed by atoms with Crippen LogP contribution in [-0.2, 0) is 13.0 Å².